The number of ketones is 1. The highest BCUT2D eigenvalue weighted by atomic mass is 35.5. The Morgan fingerprint density at radius 1 is 0.971 bits per heavy atom. The van der Waals surface area contributed by atoms with Gasteiger partial charge in [0.15, 0.2) is 5.78 Å². The molecule has 0 atom stereocenters. The first kappa shape index (κ1) is 24.9. The van der Waals surface area contributed by atoms with Gasteiger partial charge >= 0.3 is 5.97 Å². The molecule has 0 aromatic heterocycles. The summed E-state index contributed by atoms with van der Waals surface area (Å²) >= 11 is 6.33. The molecule has 0 spiro atoms. The highest BCUT2D eigenvalue weighted by molar-refractivity contribution is 6.35. The van der Waals surface area contributed by atoms with Crippen LogP contribution in [0.5, 0.6) is 0 Å². The zero-order valence-electron chi connectivity index (χ0n) is 18.4. The van der Waals surface area contributed by atoms with Gasteiger partial charge in [-0.15, -0.1) is 0 Å². The van der Waals surface area contributed by atoms with Crippen molar-refractivity contribution in [1.29, 1.82) is 0 Å². The number of esters is 1. The number of halogens is 3. The van der Waals surface area contributed by atoms with Crippen molar-refractivity contribution in [2.24, 2.45) is 0 Å². The molecule has 34 heavy (non-hydrogen) atoms. The largest absolute Gasteiger partial charge is 0.465 e. The first-order valence-electron chi connectivity index (χ1n) is 10.3. The standard InChI is InChI=1S/C25H21ClF2N2O4/c1-3-34-23(31)13-29-25(33)15-5-4-14(2)19(10-15)24(32)18-8-7-17(12-20(18)26)30-22-9-6-16(27)11-21(22)28/h4-12,30H,3,13H2,1-2H3,(H,29,33). The molecular formula is C25H21ClF2N2O4. The fourth-order valence-corrected chi connectivity index (χ4v) is 3.41. The molecule has 0 heterocycles. The van der Waals surface area contributed by atoms with Crippen molar-refractivity contribution in [1.82, 2.24) is 5.32 Å². The van der Waals surface area contributed by atoms with Crippen LogP contribution in [0.25, 0.3) is 0 Å². The van der Waals surface area contributed by atoms with E-state index in [1.165, 1.54) is 30.3 Å². The van der Waals surface area contributed by atoms with Crippen LogP contribution in [0.15, 0.2) is 54.6 Å². The van der Waals surface area contributed by atoms with E-state index in [1.54, 1.807) is 26.0 Å². The molecule has 0 unspecified atom stereocenters. The second-order valence-corrected chi connectivity index (χ2v) is 7.70. The molecule has 0 bridgehead atoms. The number of carbonyl (C=O) groups is 3. The second-order valence-electron chi connectivity index (χ2n) is 7.29. The van der Waals surface area contributed by atoms with Crippen LogP contribution in [0.3, 0.4) is 0 Å². The summed E-state index contributed by atoms with van der Waals surface area (Å²) in [5, 5.41) is 5.34. The summed E-state index contributed by atoms with van der Waals surface area (Å²) < 4.78 is 31.8. The van der Waals surface area contributed by atoms with Gasteiger partial charge in [-0.3, -0.25) is 14.4 Å². The summed E-state index contributed by atoms with van der Waals surface area (Å²) in [7, 11) is 0. The van der Waals surface area contributed by atoms with Gasteiger partial charge in [-0.25, -0.2) is 8.78 Å². The molecule has 1 amide bonds. The van der Waals surface area contributed by atoms with Crippen LogP contribution < -0.4 is 10.6 Å². The third kappa shape index (κ3) is 5.96. The molecule has 0 aliphatic rings. The first-order chi connectivity index (χ1) is 16.2. The molecule has 0 fully saturated rings. The third-order valence-corrected chi connectivity index (χ3v) is 5.18. The Labute approximate surface area is 199 Å². The minimum absolute atomic E-state index is 0.0499. The Bertz CT molecular complexity index is 1260. The van der Waals surface area contributed by atoms with Gasteiger partial charge in [-0.2, -0.15) is 0 Å². The zero-order chi connectivity index (χ0) is 24.8. The smallest absolute Gasteiger partial charge is 0.325 e. The van der Waals surface area contributed by atoms with Crippen LogP contribution in [0, 0.1) is 18.6 Å². The summed E-state index contributed by atoms with van der Waals surface area (Å²) in [5.41, 5.74) is 1.71. The molecule has 9 heteroatoms. The van der Waals surface area contributed by atoms with Crippen molar-refractivity contribution < 1.29 is 27.9 Å². The lowest BCUT2D eigenvalue weighted by atomic mass is 9.96. The lowest BCUT2D eigenvalue weighted by molar-refractivity contribution is -0.141. The maximum Gasteiger partial charge on any atom is 0.325 e. The fraction of sp³-hybridized carbons (Fsp3) is 0.160. The molecule has 176 valence electrons. The Kier molecular flexibility index (Phi) is 7.96. The van der Waals surface area contributed by atoms with E-state index in [1.807, 2.05) is 0 Å². The summed E-state index contributed by atoms with van der Waals surface area (Å²) in [4.78, 5) is 37.0. The number of aryl methyl sites for hydroxylation is 1. The molecule has 3 aromatic carbocycles. The molecule has 2 N–H and O–H groups in total. The Morgan fingerprint density at radius 2 is 1.74 bits per heavy atom. The number of amides is 1. The van der Waals surface area contributed by atoms with E-state index in [0.29, 0.717) is 11.3 Å². The average Bonchev–Trinajstić information content (AvgIpc) is 2.79. The van der Waals surface area contributed by atoms with Crippen molar-refractivity contribution in [3.05, 3.63) is 93.5 Å². The monoisotopic (exact) mass is 486 g/mol. The number of carbonyl (C=O) groups excluding carboxylic acids is 3. The van der Waals surface area contributed by atoms with E-state index in [-0.39, 0.29) is 40.6 Å². The van der Waals surface area contributed by atoms with Crippen molar-refractivity contribution in [3.63, 3.8) is 0 Å². The van der Waals surface area contributed by atoms with Crippen molar-refractivity contribution in [2.45, 2.75) is 13.8 Å². The predicted octanol–water partition coefficient (Wildman–Crippen LogP) is 5.19. The first-order valence-corrected chi connectivity index (χ1v) is 10.7. The van der Waals surface area contributed by atoms with Crippen LogP contribution in [0.4, 0.5) is 20.2 Å². The van der Waals surface area contributed by atoms with Crippen LogP contribution in [-0.4, -0.2) is 30.8 Å². The van der Waals surface area contributed by atoms with Gasteiger partial charge in [-0.1, -0.05) is 17.7 Å². The summed E-state index contributed by atoms with van der Waals surface area (Å²) in [6.07, 6.45) is 0. The molecule has 0 aliphatic carbocycles. The topological polar surface area (TPSA) is 84.5 Å². The number of anilines is 2. The SMILES string of the molecule is CCOC(=O)CNC(=O)c1ccc(C)c(C(=O)c2ccc(Nc3ccc(F)cc3F)cc2Cl)c1. The van der Waals surface area contributed by atoms with Crippen LogP contribution in [-0.2, 0) is 9.53 Å². The highest BCUT2D eigenvalue weighted by Crippen LogP contribution is 2.28. The third-order valence-electron chi connectivity index (χ3n) is 4.87. The van der Waals surface area contributed by atoms with Crippen molar-refractivity contribution in [3.8, 4) is 0 Å². The molecule has 3 rings (SSSR count). The fourth-order valence-electron chi connectivity index (χ4n) is 3.14. The zero-order valence-corrected chi connectivity index (χ0v) is 19.1. The summed E-state index contributed by atoms with van der Waals surface area (Å²) in [6, 6.07) is 12.2. The number of hydrogen-bond donors (Lipinski definition) is 2. The quantitative estimate of drug-likeness (QED) is 0.338. The minimum Gasteiger partial charge on any atom is -0.465 e. The number of nitrogens with one attached hydrogen (secondary N) is 2. The van der Waals surface area contributed by atoms with E-state index in [0.717, 1.165) is 12.1 Å². The Hall–Kier alpha value is -3.78. The molecular weight excluding hydrogens is 466 g/mol. The molecule has 0 radical (unpaired) electrons. The maximum atomic E-state index is 13.9. The highest BCUT2D eigenvalue weighted by Gasteiger charge is 2.18. The lowest BCUT2D eigenvalue weighted by Crippen LogP contribution is -2.30. The van der Waals surface area contributed by atoms with Gasteiger partial charge in [0, 0.05) is 28.4 Å². The number of rotatable bonds is 8. The van der Waals surface area contributed by atoms with Gasteiger partial charge < -0.3 is 15.4 Å². The maximum absolute atomic E-state index is 13.9. The van der Waals surface area contributed by atoms with Gasteiger partial charge in [-0.05, 0) is 61.9 Å². The van der Waals surface area contributed by atoms with E-state index >= 15 is 0 Å². The normalized spacial score (nSPS) is 10.5. The molecule has 0 saturated heterocycles. The van der Waals surface area contributed by atoms with Crippen LogP contribution in [0.2, 0.25) is 5.02 Å². The average molecular weight is 487 g/mol. The van der Waals surface area contributed by atoms with E-state index < -0.39 is 29.3 Å². The predicted molar refractivity (Wildman–Crippen MR) is 125 cm³/mol. The van der Waals surface area contributed by atoms with E-state index in [9.17, 15) is 23.2 Å². The molecule has 6 nitrogen and oxygen atoms in total. The Balaban J connectivity index is 1.80. The second kappa shape index (κ2) is 10.9. The van der Waals surface area contributed by atoms with Gasteiger partial charge in [0.2, 0.25) is 0 Å². The number of hydrogen-bond acceptors (Lipinski definition) is 5. The Morgan fingerprint density at radius 3 is 2.41 bits per heavy atom. The van der Waals surface area contributed by atoms with Crippen LogP contribution >= 0.6 is 11.6 Å². The van der Waals surface area contributed by atoms with Crippen molar-refractivity contribution >= 4 is 40.6 Å². The van der Waals surface area contributed by atoms with Gasteiger partial charge in [0.05, 0.1) is 17.3 Å². The van der Waals surface area contributed by atoms with Gasteiger partial charge in [0.1, 0.15) is 18.2 Å². The summed E-state index contributed by atoms with van der Waals surface area (Å²) in [5.74, 6) is -2.99. The van der Waals surface area contributed by atoms with Gasteiger partial charge in [0.25, 0.3) is 5.91 Å². The van der Waals surface area contributed by atoms with Crippen LogP contribution in [0.1, 0.15) is 38.8 Å². The van der Waals surface area contributed by atoms with E-state index in [2.05, 4.69) is 10.6 Å². The molecule has 0 aliphatic heterocycles. The van der Waals surface area contributed by atoms with Crippen molar-refractivity contribution in [2.75, 3.05) is 18.5 Å². The lowest BCUT2D eigenvalue weighted by Gasteiger charge is -2.12. The summed E-state index contributed by atoms with van der Waals surface area (Å²) in [6.45, 7) is 3.28. The van der Waals surface area contributed by atoms with E-state index in [4.69, 9.17) is 16.3 Å². The number of ether oxygens (including phenoxy) is 1. The number of benzene rings is 3. The molecule has 0 saturated carbocycles. The molecule has 3 aromatic rings. The minimum atomic E-state index is -0.773.